The van der Waals surface area contributed by atoms with Crippen LogP contribution >= 0.6 is 0 Å². The van der Waals surface area contributed by atoms with Gasteiger partial charge in [-0.15, -0.1) is 0 Å². The average Bonchev–Trinajstić information content (AvgIpc) is 2.84. The number of fused-ring (bicyclic) bond motifs is 1. The number of benzene rings is 2. The zero-order valence-corrected chi connectivity index (χ0v) is 13.8. The third kappa shape index (κ3) is 3.78. The molecule has 0 saturated heterocycles. The Morgan fingerprint density at radius 1 is 1.04 bits per heavy atom. The first kappa shape index (κ1) is 15.7. The van der Waals surface area contributed by atoms with Crippen LogP contribution in [0.2, 0.25) is 0 Å². The van der Waals surface area contributed by atoms with Crippen molar-refractivity contribution in [3.63, 3.8) is 0 Å². The molecular formula is C17H19N3O2S. The average molecular weight is 329 g/mol. The molecule has 0 fully saturated rings. The second-order valence-corrected chi connectivity index (χ2v) is 7.25. The largest absolute Gasteiger partial charge is 0.327 e. The lowest BCUT2D eigenvalue weighted by Crippen LogP contribution is -2.28. The number of para-hydroxylation sites is 2. The topological polar surface area (TPSA) is 64.0 Å². The van der Waals surface area contributed by atoms with Gasteiger partial charge in [-0.2, -0.15) is 0 Å². The molecule has 0 saturated carbocycles. The molecule has 0 amide bonds. The molecule has 0 aliphatic carbocycles. The van der Waals surface area contributed by atoms with Crippen LogP contribution in [0.1, 0.15) is 11.4 Å². The number of nitrogens with one attached hydrogen (secondary N) is 1. The van der Waals surface area contributed by atoms with Crippen LogP contribution in [0.25, 0.3) is 11.0 Å². The molecule has 120 valence electrons. The highest BCUT2D eigenvalue weighted by Gasteiger charge is 2.12. The number of imidazole rings is 1. The Balaban J connectivity index is 1.65. The molecule has 2 aromatic carbocycles. The summed E-state index contributed by atoms with van der Waals surface area (Å²) in [5.74, 6) is 0.880. The third-order valence-electron chi connectivity index (χ3n) is 3.70. The van der Waals surface area contributed by atoms with Crippen molar-refractivity contribution in [3.05, 3.63) is 66.0 Å². The van der Waals surface area contributed by atoms with E-state index in [1.54, 1.807) is 0 Å². The van der Waals surface area contributed by atoms with Crippen molar-refractivity contribution < 1.29 is 8.42 Å². The number of rotatable bonds is 6. The maximum Gasteiger partial charge on any atom is 0.215 e. The second-order valence-electron chi connectivity index (χ2n) is 5.44. The molecule has 1 heterocycles. The number of aromatic nitrogens is 2. The highest BCUT2D eigenvalue weighted by Crippen LogP contribution is 2.15. The summed E-state index contributed by atoms with van der Waals surface area (Å²) >= 11 is 0. The monoisotopic (exact) mass is 329 g/mol. The van der Waals surface area contributed by atoms with Gasteiger partial charge in [0.15, 0.2) is 0 Å². The van der Waals surface area contributed by atoms with Gasteiger partial charge in [0.1, 0.15) is 5.82 Å². The van der Waals surface area contributed by atoms with E-state index >= 15 is 0 Å². The Morgan fingerprint density at radius 2 is 1.74 bits per heavy atom. The molecule has 23 heavy (non-hydrogen) atoms. The van der Waals surface area contributed by atoms with Crippen LogP contribution < -0.4 is 4.72 Å². The summed E-state index contributed by atoms with van der Waals surface area (Å²) in [6, 6.07) is 17.0. The Hall–Kier alpha value is -2.18. The molecule has 0 spiro atoms. The van der Waals surface area contributed by atoms with E-state index in [4.69, 9.17) is 0 Å². The summed E-state index contributed by atoms with van der Waals surface area (Å²) in [5, 5.41) is 0. The van der Waals surface area contributed by atoms with Crippen molar-refractivity contribution >= 4 is 21.1 Å². The molecule has 3 aromatic rings. The van der Waals surface area contributed by atoms with Gasteiger partial charge in [0.05, 0.1) is 16.8 Å². The van der Waals surface area contributed by atoms with Gasteiger partial charge >= 0.3 is 0 Å². The summed E-state index contributed by atoms with van der Waals surface area (Å²) in [6.45, 7) is 2.83. The van der Waals surface area contributed by atoms with Crippen molar-refractivity contribution in [2.75, 3.05) is 6.54 Å². The summed E-state index contributed by atoms with van der Waals surface area (Å²) in [7, 11) is -3.34. The minimum absolute atomic E-state index is 0.00248. The van der Waals surface area contributed by atoms with Crippen LogP contribution in [-0.4, -0.2) is 24.5 Å². The first-order chi connectivity index (χ1) is 11.1. The van der Waals surface area contributed by atoms with Crippen molar-refractivity contribution in [3.8, 4) is 0 Å². The Kier molecular flexibility index (Phi) is 4.45. The lowest BCUT2D eigenvalue weighted by molar-refractivity contribution is 0.572. The number of nitrogens with zero attached hydrogens (tertiary/aromatic N) is 2. The molecule has 0 aliphatic heterocycles. The van der Waals surface area contributed by atoms with Gasteiger partial charge in [-0.05, 0) is 24.6 Å². The summed E-state index contributed by atoms with van der Waals surface area (Å²) in [4.78, 5) is 4.48. The van der Waals surface area contributed by atoms with Crippen molar-refractivity contribution in [1.82, 2.24) is 14.3 Å². The molecule has 0 radical (unpaired) electrons. The van der Waals surface area contributed by atoms with Crippen LogP contribution in [0.3, 0.4) is 0 Å². The van der Waals surface area contributed by atoms with E-state index in [1.807, 2.05) is 66.1 Å². The minimum Gasteiger partial charge on any atom is -0.327 e. The molecule has 5 nitrogen and oxygen atoms in total. The molecule has 0 aliphatic rings. The zero-order valence-electron chi connectivity index (χ0n) is 12.9. The van der Waals surface area contributed by atoms with E-state index in [9.17, 15) is 8.42 Å². The molecule has 0 atom stereocenters. The highest BCUT2D eigenvalue weighted by atomic mass is 32.2. The SMILES string of the molecule is Cc1nc2ccccc2n1CCNS(=O)(=O)Cc1ccccc1. The van der Waals surface area contributed by atoms with Gasteiger partial charge in [0.25, 0.3) is 0 Å². The first-order valence-corrected chi connectivity index (χ1v) is 9.13. The van der Waals surface area contributed by atoms with Crippen molar-refractivity contribution in [2.24, 2.45) is 0 Å². The van der Waals surface area contributed by atoms with Crippen molar-refractivity contribution in [1.29, 1.82) is 0 Å². The van der Waals surface area contributed by atoms with Gasteiger partial charge in [-0.1, -0.05) is 42.5 Å². The maximum absolute atomic E-state index is 12.1. The maximum atomic E-state index is 12.1. The van der Waals surface area contributed by atoms with Crippen LogP contribution in [0.5, 0.6) is 0 Å². The van der Waals surface area contributed by atoms with Gasteiger partial charge in [-0.25, -0.2) is 18.1 Å². The molecule has 0 bridgehead atoms. The molecule has 1 N–H and O–H groups in total. The van der Waals surface area contributed by atoms with E-state index in [0.717, 1.165) is 22.4 Å². The van der Waals surface area contributed by atoms with E-state index in [-0.39, 0.29) is 5.75 Å². The van der Waals surface area contributed by atoms with E-state index in [0.29, 0.717) is 13.1 Å². The number of hydrogen-bond acceptors (Lipinski definition) is 3. The summed E-state index contributed by atoms with van der Waals surface area (Å²) in [6.07, 6.45) is 0. The van der Waals surface area contributed by atoms with Crippen LogP contribution in [0.4, 0.5) is 0 Å². The fraction of sp³-hybridized carbons (Fsp3) is 0.235. The lowest BCUT2D eigenvalue weighted by Gasteiger charge is -2.09. The summed E-state index contributed by atoms with van der Waals surface area (Å²) in [5.41, 5.74) is 2.73. The van der Waals surface area contributed by atoms with E-state index in [1.165, 1.54) is 0 Å². The smallest absolute Gasteiger partial charge is 0.215 e. The molecule has 3 rings (SSSR count). The Bertz CT molecular complexity index is 902. The third-order valence-corrected chi connectivity index (χ3v) is 5.06. The number of aryl methyl sites for hydroxylation is 1. The second kappa shape index (κ2) is 6.52. The van der Waals surface area contributed by atoms with Crippen molar-refractivity contribution in [2.45, 2.75) is 19.2 Å². The fourth-order valence-corrected chi connectivity index (χ4v) is 3.77. The number of sulfonamides is 1. The molecule has 6 heteroatoms. The van der Waals surface area contributed by atoms with Gasteiger partial charge in [0, 0.05) is 13.1 Å². The highest BCUT2D eigenvalue weighted by molar-refractivity contribution is 7.88. The zero-order chi connectivity index (χ0) is 16.3. The number of hydrogen-bond donors (Lipinski definition) is 1. The first-order valence-electron chi connectivity index (χ1n) is 7.48. The van der Waals surface area contributed by atoms with Gasteiger partial charge in [0.2, 0.25) is 10.0 Å². The molecule has 1 aromatic heterocycles. The normalized spacial score (nSPS) is 11.9. The van der Waals surface area contributed by atoms with Crippen LogP contribution in [-0.2, 0) is 22.3 Å². The van der Waals surface area contributed by atoms with E-state index < -0.39 is 10.0 Å². The van der Waals surface area contributed by atoms with Crippen LogP contribution in [0.15, 0.2) is 54.6 Å². The van der Waals surface area contributed by atoms with Gasteiger partial charge < -0.3 is 4.57 Å². The van der Waals surface area contributed by atoms with Crippen LogP contribution in [0, 0.1) is 6.92 Å². The lowest BCUT2D eigenvalue weighted by atomic mass is 10.2. The predicted molar refractivity (Wildman–Crippen MR) is 91.5 cm³/mol. The van der Waals surface area contributed by atoms with Gasteiger partial charge in [-0.3, -0.25) is 0 Å². The Labute approximate surface area is 136 Å². The quantitative estimate of drug-likeness (QED) is 0.755. The molecule has 0 unspecified atom stereocenters. The Morgan fingerprint density at radius 3 is 2.52 bits per heavy atom. The fourth-order valence-electron chi connectivity index (χ4n) is 2.64. The summed E-state index contributed by atoms with van der Waals surface area (Å²) < 4.78 is 29.0. The predicted octanol–water partition coefficient (Wildman–Crippen LogP) is 2.46. The van der Waals surface area contributed by atoms with E-state index in [2.05, 4.69) is 9.71 Å². The standard InChI is InChI=1S/C17H19N3O2S/c1-14-19-16-9-5-6-10-17(16)20(14)12-11-18-23(21,22)13-15-7-3-2-4-8-15/h2-10,18H,11-13H2,1H3. The minimum atomic E-state index is -3.34. The molecular weight excluding hydrogens is 310 g/mol.